The average molecular weight is 283 g/mol. The fourth-order valence-electron chi connectivity index (χ4n) is 1.98. The van der Waals surface area contributed by atoms with Gasteiger partial charge in [0.05, 0.1) is 22.7 Å². The number of halogens is 1. The molecule has 1 aliphatic rings. The second-order valence-corrected chi connectivity index (χ2v) is 5.76. The lowest BCUT2D eigenvalue weighted by molar-refractivity contribution is -0.115. The molecule has 5 heteroatoms. The van der Waals surface area contributed by atoms with Crippen LogP contribution in [0.1, 0.15) is 25.8 Å². The van der Waals surface area contributed by atoms with E-state index in [0.29, 0.717) is 11.4 Å². The second-order valence-electron chi connectivity index (χ2n) is 5.35. The summed E-state index contributed by atoms with van der Waals surface area (Å²) in [4.78, 5) is 11.3. The molecule has 4 nitrogen and oxygen atoms in total. The van der Waals surface area contributed by atoms with Crippen LogP contribution in [0.15, 0.2) is 12.1 Å². The Morgan fingerprint density at radius 1 is 1.47 bits per heavy atom. The van der Waals surface area contributed by atoms with Gasteiger partial charge >= 0.3 is 0 Å². The molecule has 0 aromatic heterocycles. The van der Waals surface area contributed by atoms with Crippen LogP contribution in [0.4, 0.5) is 11.4 Å². The molecule has 0 atom stereocenters. The van der Waals surface area contributed by atoms with E-state index in [2.05, 4.69) is 10.6 Å². The normalized spacial score (nSPS) is 14.2. The van der Waals surface area contributed by atoms with Crippen molar-refractivity contribution in [1.29, 1.82) is 0 Å². The predicted molar refractivity (Wildman–Crippen MR) is 78.0 cm³/mol. The molecule has 1 heterocycles. The van der Waals surface area contributed by atoms with Gasteiger partial charge in [-0.3, -0.25) is 4.79 Å². The number of hydrogen-bond donors (Lipinski definition) is 2. The van der Waals surface area contributed by atoms with Gasteiger partial charge in [-0.15, -0.1) is 0 Å². The smallest absolute Gasteiger partial charge is 0.228 e. The van der Waals surface area contributed by atoms with E-state index in [1.54, 1.807) is 13.2 Å². The Hall–Kier alpha value is -1.26. The molecule has 1 aromatic rings. The highest BCUT2D eigenvalue weighted by atomic mass is 35.5. The van der Waals surface area contributed by atoms with Gasteiger partial charge in [0, 0.05) is 19.3 Å². The van der Waals surface area contributed by atoms with Crippen molar-refractivity contribution in [3.05, 3.63) is 22.7 Å². The standard InChI is InChI=1S/C14H19ClN2O2/c1-14(2,19-3)4-5-16-12-6-9-7-13(18)17-11(9)8-10(12)15/h6,8,16H,4-5,7H2,1-3H3,(H,17,18). The van der Waals surface area contributed by atoms with E-state index in [1.165, 1.54) is 0 Å². The highest BCUT2D eigenvalue weighted by Crippen LogP contribution is 2.32. The molecule has 0 bridgehead atoms. The van der Waals surface area contributed by atoms with Crippen molar-refractivity contribution < 1.29 is 9.53 Å². The summed E-state index contributed by atoms with van der Waals surface area (Å²) in [5.74, 6) is 0.0173. The zero-order chi connectivity index (χ0) is 14.0. The van der Waals surface area contributed by atoms with Gasteiger partial charge in [-0.2, -0.15) is 0 Å². The number of hydrogen-bond acceptors (Lipinski definition) is 3. The highest BCUT2D eigenvalue weighted by Gasteiger charge is 2.20. The molecular weight excluding hydrogens is 264 g/mol. The van der Waals surface area contributed by atoms with Crippen LogP contribution >= 0.6 is 11.6 Å². The Kier molecular flexibility index (Phi) is 4.02. The third kappa shape index (κ3) is 3.39. The van der Waals surface area contributed by atoms with E-state index in [4.69, 9.17) is 16.3 Å². The maximum absolute atomic E-state index is 11.3. The first-order valence-corrected chi connectivity index (χ1v) is 6.70. The van der Waals surface area contributed by atoms with E-state index in [9.17, 15) is 4.79 Å². The van der Waals surface area contributed by atoms with Gasteiger partial charge < -0.3 is 15.4 Å². The number of fused-ring (bicyclic) bond motifs is 1. The molecule has 0 fully saturated rings. The Labute approximate surface area is 118 Å². The number of methoxy groups -OCH3 is 1. The zero-order valence-electron chi connectivity index (χ0n) is 11.5. The summed E-state index contributed by atoms with van der Waals surface area (Å²) in [6, 6.07) is 3.74. The molecule has 1 amide bonds. The third-order valence-corrected chi connectivity index (χ3v) is 3.73. The molecule has 1 aliphatic heterocycles. The molecule has 104 valence electrons. The minimum absolute atomic E-state index is 0.0173. The molecule has 0 spiro atoms. The van der Waals surface area contributed by atoms with E-state index in [0.717, 1.165) is 29.9 Å². The van der Waals surface area contributed by atoms with Crippen LogP contribution in [0.2, 0.25) is 5.02 Å². The SMILES string of the molecule is COC(C)(C)CCNc1cc2c(cc1Cl)NC(=O)C2. The van der Waals surface area contributed by atoms with Crippen molar-refractivity contribution in [3.63, 3.8) is 0 Å². The van der Waals surface area contributed by atoms with Crippen molar-refractivity contribution >= 4 is 28.9 Å². The predicted octanol–water partition coefficient (Wildman–Crippen LogP) is 3.06. The van der Waals surface area contributed by atoms with Gasteiger partial charge in [0.1, 0.15) is 0 Å². The van der Waals surface area contributed by atoms with Gasteiger partial charge in [0.25, 0.3) is 0 Å². The fourth-order valence-corrected chi connectivity index (χ4v) is 2.21. The van der Waals surface area contributed by atoms with Gasteiger partial charge in [0.15, 0.2) is 0 Å². The van der Waals surface area contributed by atoms with Gasteiger partial charge in [-0.1, -0.05) is 11.6 Å². The van der Waals surface area contributed by atoms with Crippen LogP contribution in [0.5, 0.6) is 0 Å². The molecule has 0 aliphatic carbocycles. The molecule has 0 saturated heterocycles. The number of benzene rings is 1. The summed E-state index contributed by atoms with van der Waals surface area (Å²) in [5, 5.41) is 6.70. The summed E-state index contributed by atoms with van der Waals surface area (Å²) in [5.41, 5.74) is 2.51. The quantitative estimate of drug-likeness (QED) is 0.873. The minimum Gasteiger partial charge on any atom is -0.384 e. The number of nitrogens with one attached hydrogen (secondary N) is 2. The minimum atomic E-state index is -0.159. The fraction of sp³-hybridized carbons (Fsp3) is 0.500. The number of amides is 1. The van der Waals surface area contributed by atoms with Crippen molar-refractivity contribution in [2.75, 3.05) is 24.3 Å². The Morgan fingerprint density at radius 3 is 2.89 bits per heavy atom. The highest BCUT2D eigenvalue weighted by molar-refractivity contribution is 6.33. The van der Waals surface area contributed by atoms with E-state index < -0.39 is 0 Å². The molecule has 2 N–H and O–H groups in total. The number of rotatable bonds is 5. The first-order valence-electron chi connectivity index (χ1n) is 6.32. The summed E-state index contributed by atoms with van der Waals surface area (Å²) in [6.07, 6.45) is 1.29. The molecule has 0 radical (unpaired) electrons. The van der Waals surface area contributed by atoms with Crippen LogP contribution in [-0.2, 0) is 16.0 Å². The van der Waals surface area contributed by atoms with Gasteiger partial charge in [-0.25, -0.2) is 0 Å². The monoisotopic (exact) mass is 282 g/mol. The number of carbonyl (C=O) groups is 1. The van der Waals surface area contributed by atoms with Crippen molar-refractivity contribution in [3.8, 4) is 0 Å². The van der Waals surface area contributed by atoms with Gasteiger partial charge in [0.2, 0.25) is 5.91 Å². The third-order valence-electron chi connectivity index (χ3n) is 3.41. The molecule has 1 aromatic carbocycles. The Bertz CT molecular complexity index is 500. The largest absolute Gasteiger partial charge is 0.384 e. The topological polar surface area (TPSA) is 50.4 Å². The molecule has 0 unspecified atom stereocenters. The Morgan fingerprint density at radius 2 is 2.21 bits per heavy atom. The van der Waals surface area contributed by atoms with Gasteiger partial charge in [-0.05, 0) is 38.0 Å². The molecule has 2 rings (SSSR count). The lowest BCUT2D eigenvalue weighted by Gasteiger charge is -2.23. The summed E-state index contributed by atoms with van der Waals surface area (Å²) < 4.78 is 5.37. The number of anilines is 2. The van der Waals surface area contributed by atoms with Crippen LogP contribution < -0.4 is 10.6 Å². The lowest BCUT2D eigenvalue weighted by atomic mass is 10.1. The maximum atomic E-state index is 11.3. The van der Waals surface area contributed by atoms with Crippen molar-refractivity contribution in [2.24, 2.45) is 0 Å². The lowest BCUT2D eigenvalue weighted by Crippen LogP contribution is -2.25. The first kappa shape index (κ1) is 14.2. The summed E-state index contributed by atoms with van der Waals surface area (Å²) in [6.45, 7) is 4.85. The second kappa shape index (κ2) is 5.39. The van der Waals surface area contributed by atoms with E-state index >= 15 is 0 Å². The van der Waals surface area contributed by atoms with Crippen LogP contribution in [-0.4, -0.2) is 25.2 Å². The number of ether oxygens (including phenoxy) is 1. The molecule has 19 heavy (non-hydrogen) atoms. The van der Waals surface area contributed by atoms with Crippen LogP contribution in [0, 0.1) is 0 Å². The Balaban J connectivity index is 2.02. The van der Waals surface area contributed by atoms with Crippen LogP contribution in [0.25, 0.3) is 0 Å². The molecule has 0 saturated carbocycles. The average Bonchev–Trinajstić information content (AvgIpc) is 2.68. The van der Waals surface area contributed by atoms with Crippen molar-refractivity contribution in [1.82, 2.24) is 0 Å². The number of carbonyl (C=O) groups excluding carboxylic acids is 1. The van der Waals surface area contributed by atoms with E-state index in [1.807, 2.05) is 19.9 Å². The zero-order valence-corrected chi connectivity index (χ0v) is 12.2. The summed E-state index contributed by atoms with van der Waals surface area (Å²) in [7, 11) is 1.71. The summed E-state index contributed by atoms with van der Waals surface area (Å²) >= 11 is 6.19. The van der Waals surface area contributed by atoms with Crippen molar-refractivity contribution in [2.45, 2.75) is 32.3 Å². The first-order chi connectivity index (χ1) is 8.91. The molecular formula is C14H19ClN2O2. The van der Waals surface area contributed by atoms with E-state index in [-0.39, 0.29) is 11.5 Å². The maximum Gasteiger partial charge on any atom is 0.228 e. The van der Waals surface area contributed by atoms with Crippen LogP contribution in [0.3, 0.4) is 0 Å².